The second-order valence-corrected chi connectivity index (χ2v) is 5.80. The lowest BCUT2D eigenvalue weighted by atomic mass is 10.3. The van der Waals surface area contributed by atoms with Crippen molar-refractivity contribution >= 4 is 10.0 Å². The van der Waals surface area contributed by atoms with Gasteiger partial charge in [0.1, 0.15) is 23.6 Å². The highest BCUT2D eigenvalue weighted by Crippen LogP contribution is 2.27. The van der Waals surface area contributed by atoms with Gasteiger partial charge in [-0.3, -0.25) is 0 Å². The summed E-state index contributed by atoms with van der Waals surface area (Å²) in [7, 11) is -3.04. The predicted molar refractivity (Wildman–Crippen MR) is 68.3 cm³/mol. The van der Waals surface area contributed by atoms with Gasteiger partial charge in [0.05, 0.1) is 13.3 Å². The first kappa shape index (κ1) is 15.4. The van der Waals surface area contributed by atoms with E-state index in [1.54, 1.807) is 0 Å². The second-order valence-electron chi connectivity index (χ2n) is 4.10. The molecule has 1 heterocycles. The average molecular weight is 318 g/mol. The van der Waals surface area contributed by atoms with Gasteiger partial charge in [-0.25, -0.2) is 21.9 Å². The maximum atomic E-state index is 13.7. The van der Waals surface area contributed by atoms with Crippen LogP contribution in [0.15, 0.2) is 34.0 Å². The van der Waals surface area contributed by atoms with E-state index in [9.17, 15) is 17.2 Å². The van der Waals surface area contributed by atoms with Gasteiger partial charge in [0, 0.05) is 24.2 Å². The van der Waals surface area contributed by atoms with E-state index in [0.717, 1.165) is 13.2 Å². The highest BCUT2D eigenvalue weighted by molar-refractivity contribution is 7.89. The monoisotopic (exact) mass is 318 g/mol. The van der Waals surface area contributed by atoms with Gasteiger partial charge in [0.2, 0.25) is 10.0 Å². The zero-order chi connectivity index (χ0) is 15.5. The molecule has 0 aliphatic carbocycles. The number of aromatic nitrogens is 1. The van der Waals surface area contributed by atoms with Gasteiger partial charge in [-0.15, -0.1) is 0 Å². The highest BCUT2D eigenvalue weighted by atomic mass is 32.2. The Morgan fingerprint density at radius 3 is 2.76 bits per heavy atom. The van der Waals surface area contributed by atoms with E-state index in [1.807, 2.05) is 0 Å². The van der Waals surface area contributed by atoms with E-state index >= 15 is 0 Å². The van der Waals surface area contributed by atoms with Crippen LogP contribution in [0.5, 0.6) is 5.75 Å². The van der Waals surface area contributed by atoms with E-state index in [4.69, 9.17) is 4.74 Å². The lowest BCUT2D eigenvalue weighted by Gasteiger charge is -2.11. The molecule has 0 amide bonds. The molecule has 1 aromatic carbocycles. The van der Waals surface area contributed by atoms with Crippen molar-refractivity contribution < 1.29 is 26.5 Å². The summed E-state index contributed by atoms with van der Waals surface area (Å²) in [5.41, 5.74) is 0.684. The third kappa shape index (κ3) is 3.56. The molecule has 0 saturated heterocycles. The first-order valence-corrected chi connectivity index (χ1v) is 7.33. The van der Waals surface area contributed by atoms with Crippen LogP contribution in [0.25, 0.3) is 0 Å². The number of hydrogen-bond acceptors (Lipinski definition) is 5. The van der Waals surface area contributed by atoms with Crippen LogP contribution in [0.3, 0.4) is 0 Å². The molecule has 0 aliphatic heterocycles. The molecule has 0 aliphatic rings. The number of nitrogens with zero attached hydrogens (tertiary/aromatic N) is 1. The number of halogens is 2. The summed E-state index contributed by atoms with van der Waals surface area (Å²) in [4.78, 5) is -0.725. The van der Waals surface area contributed by atoms with Crippen LogP contribution in [0.2, 0.25) is 0 Å². The standard InChI is InChI=1S/C12H12F2N2O4S/c1-19-11-5-9(13)4-10(14)12(11)21(17,18)16-3-2-8-6-15-20-7-8/h4-7,16H,2-3H2,1H3. The number of rotatable bonds is 6. The summed E-state index contributed by atoms with van der Waals surface area (Å²) in [6.45, 7) is 0.00349. The third-order valence-corrected chi connectivity index (χ3v) is 4.17. The van der Waals surface area contributed by atoms with E-state index in [2.05, 4.69) is 14.4 Å². The first-order valence-electron chi connectivity index (χ1n) is 5.85. The zero-order valence-corrected chi connectivity index (χ0v) is 11.8. The third-order valence-electron chi connectivity index (χ3n) is 2.65. The molecule has 0 saturated carbocycles. The van der Waals surface area contributed by atoms with Crippen LogP contribution in [-0.2, 0) is 16.4 Å². The van der Waals surface area contributed by atoms with Crippen LogP contribution >= 0.6 is 0 Å². The van der Waals surface area contributed by atoms with Gasteiger partial charge in [-0.2, -0.15) is 0 Å². The predicted octanol–water partition coefficient (Wildman–Crippen LogP) is 1.48. The Balaban J connectivity index is 2.19. The van der Waals surface area contributed by atoms with Crippen molar-refractivity contribution in [3.63, 3.8) is 0 Å². The van der Waals surface area contributed by atoms with Crippen LogP contribution in [-0.4, -0.2) is 27.2 Å². The molecule has 0 bridgehead atoms. The summed E-state index contributed by atoms with van der Waals surface area (Å²) in [5.74, 6) is -2.54. The van der Waals surface area contributed by atoms with E-state index in [1.165, 1.54) is 12.5 Å². The van der Waals surface area contributed by atoms with Gasteiger partial charge >= 0.3 is 0 Å². The molecule has 2 rings (SSSR count). The molecule has 9 heteroatoms. The largest absolute Gasteiger partial charge is 0.495 e. The summed E-state index contributed by atoms with van der Waals surface area (Å²) < 4.78 is 62.5. The van der Waals surface area contributed by atoms with Gasteiger partial charge < -0.3 is 9.26 Å². The van der Waals surface area contributed by atoms with Crippen LogP contribution in [0.4, 0.5) is 8.78 Å². The first-order chi connectivity index (χ1) is 9.94. The molecule has 0 fully saturated rings. The smallest absolute Gasteiger partial charge is 0.247 e. The van der Waals surface area contributed by atoms with E-state index in [0.29, 0.717) is 18.1 Å². The van der Waals surface area contributed by atoms with Crippen molar-refractivity contribution in [3.05, 3.63) is 41.8 Å². The Morgan fingerprint density at radius 1 is 1.38 bits per heavy atom. The maximum Gasteiger partial charge on any atom is 0.247 e. The average Bonchev–Trinajstić information content (AvgIpc) is 2.90. The Morgan fingerprint density at radius 2 is 2.14 bits per heavy atom. The van der Waals surface area contributed by atoms with Crippen LogP contribution in [0.1, 0.15) is 5.56 Å². The Hall–Kier alpha value is -2.00. The summed E-state index contributed by atoms with van der Waals surface area (Å²) in [6.07, 6.45) is 3.12. The number of hydrogen-bond donors (Lipinski definition) is 1. The molecule has 114 valence electrons. The minimum Gasteiger partial charge on any atom is -0.495 e. The van der Waals surface area contributed by atoms with Crippen LogP contribution < -0.4 is 9.46 Å². The Kier molecular flexibility index (Phi) is 4.53. The fourth-order valence-electron chi connectivity index (χ4n) is 1.70. The maximum absolute atomic E-state index is 13.7. The van der Waals surface area contributed by atoms with Gasteiger partial charge in [-0.05, 0) is 6.42 Å². The lowest BCUT2D eigenvalue weighted by Crippen LogP contribution is -2.27. The van der Waals surface area contributed by atoms with Crippen molar-refractivity contribution in [2.45, 2.75) is 11.3 Å². The Labute approximate surface area is 119 Å². The molecule has 1 aromatic heterocycles. The number of sulfonamides is 1. The molecule has 2 aromatic rings. The van der Waals surface area contributed by atoms with Crippen LogP contribution in [0, 0.1) is 11.6 Å². The summed E-state index contributed by atoms with van der Waals surface area (Å²) >= 11 is 0. The number of ether oxygens (including phenoxy) is 1. The molecule has 1 N–H and O–H groups in total. The van der Waals surface area contributed by atoms with E-state index in [-0.39, 0.29) is 6.54 Å². The fourth-order valence-corrected chi connectivity index (χ4v) is 2.94. The highest BCUT2D eigenvalue weighted by Gasteiger charge is 2.25. The van der Waals surface area contributed by atoms with Crippen molar-refractivity contribution in [1.82, 2.24) is 9.88 Å². The molecular formula is C12H12F2N2O4S. The lowest BCUT2D eigenvalue weighted by molar-refractivity contribution is 0.389. The minimum atomic E-state index is -4.17. The van der Waals surface area contributed by atoms with Crippen molar-refractivity contribution in [2.75, 3.05) is 13.7 Å². The normalized spacial score (nSPS) is 11.6. The number of methoxy groups -OCH3 is 1. The van der Waals surface area contributed by atoms with Gasteiger partial charge in [0.25, 0.3) is 0 Å². The van der Waals surface area contributed by atoms with Crippen molar-refractivity contribution in [1.29, 1.82) is 0 Å². The molecular weight excluding hydrogens is 306 g/mol. The SMILES string of the molecule is COc1cc(F)cc(F)c1S(=O)(=O)NCCc1cnoc1. The number of nitrogens with one attached hydrogen (secondary N) is 1. The number of benzene rings is 1. The van der Waals surface area contributed by atoms with E-state index < -0.39 is 32.3 Å². The van der Waals surface area contributed by atoms with Gasteiger partial charge in [-0.1, -0.05) is 5.16 Å². The second kappa shape index (κ2) is 6.19. The molecule has 0 unspecified atom stereocenters. The van der Waals surface area contributed by atoms with Crippen molar-refractivity contribution in [2.24, 2.45) is 0 Å². The van der Waals surface area contributed by atoms with Crippen molar-refractivity contribution in [3.8, 4) is 5.75 Å². The zero-order valence-electron chi connectivity index (χ0n) is 11.0. The quantitative estimate of drug-likeness (QED) is 0.872. The fraction of sp³-hybridized carbons (Fsp3) is 0.250. The topological polar surface area (TPSA) is 81.4 Å². The minimum absolute atomic E-state index is 0.00349. The Bertz CT molecular complexity index is 717. The molecule has 6 nitrogen and oxygen atoms in total. The molecule has 21 heavy (non-hydrogen) atoms. The summed E-state index contributed by atoms with van der Waals surface area (Å²) in [6, 6.07) is 1.29. The molecule has 0 spiro atoms. The molecule has 0 atom stereocenters. The van der Waals surface area contributed by atoms with Gasteiger partial charge in [0.15, 0.2) is 4.90 Å². The summed E-state index contributed by atoms with van der Waals surface area (Å²) in [5, 5.41) is 3.47. The molecule has 0 radical (unpaired) electrons.